The van der Waals surface area contributed by atoms with Crippen LogP contribution >= 0.6 is 0 Å². The van der Waals surface area contributed by atoms with Gasteiger partial charge in [-0.2, -0.15) is 0 Å². The minimum Gasteiger partial charge on any atom is -0.406 e. The number of aromatic amines is 1. The zero-order valence-corrected chi connectivity index (χ0v) is 13.9. The van der Waals surface area contributed by atoms with Crippen LogP contribution in [0.15, 0.2) is 45.7 Å². The molecule has 130 valence electrons. The van der Waals surface area contributed by atoms with Crippen molar-refractivity contribution in [2.75, 3.05) is 11.6 Å². The van der Waals surface area contributed by atoms with Gasteiger partial charge in [-0.1, -0.05) is 6.07 Å². The third kappa shape index (κ3) is 4.11. The van der Waals surface area contributed by atoms with Gasteiger partial charge in [0.25, 0.3) is 5.91 Å². The molecule has 0 saturated carbocycles. The van der Waals surface area contributed by atoms with E-state index in [1.807, 2.05) is 0 Å². The average molecular weight is 362 g/mol. The van der Waals surface area contributed by atoms with E-state index in [0.717, 1.165) is 6.26 Å². The molecule has 3 rings (SSSR count). The molecular formula is C15H14N4O5S. The monoisotopic (exact) mass is 362 g/mol. The van der Waals surface area contributed by atoms with Crippen LogP contribution in [0.4, 0.5) is 5.69 Å². The molecule has 1 aromatic carbocycles. The number of pyridine rings is 1. The predicted octanol–water partition coefficient (Wildman–Crippen LogP) is 0.818. The summed E-state index contributed by atoms with van der Waals surface area (Å²) in [7, 11) is -3.36. The second-order valence-corrected chi connectivity index (χ2v) is 7.11. The van der Waals surface area contributed by atoms with Gasteiger partial charge in [0.1, 0.15) is 0 Å². The van der Waals surface area contributed by atoms with E-state index in [-0.39, 0.29) is 17.7 Å². The molecule has 0 fully saturated rings. The largest absolute Gasteiger partial charge is 0.417 e. The lowest BCUT2D eigenvalue weighted by Gasteiger charge is -2.07. The summed E-state index contributed by atoms with van der Waals surface area (Å²) in [6, 6.07) is 7.88. The number of aromatic nitrogens is 2. The lowest BCUT2D eigenvalue weighted by Crippen LogP contribution is -2.22. The Kier molecular flexibility index (Phi) is 4.38. The maximum absolute atomic E-state index is 12.4. The number of carbonyl (C=O) groups excluding carboxylic acids is 1. The zero-order chi connectivity index (χ0) is 18.0. The van der Waals surface area contributed by atoms with E-state index in [0.29, 0.717) is 16.9 Å². The van der Waals surface area contributed by atoms with E-state index >= 15 is 0 Å². The second-order valence-electron chi connectivity index (χ2n) is 5.28. The molecule has 3 N–H and O–H groups in total. The van der Waals surface area contributed by atoms with E-state index in [4.69, 9.17) is 4.42 Å². The molecule has 0 aliphatic heterocycles. The van der Waals surface area contributed by atoms with Crippen molar-refractivity contribution in [1.29, 1.82) is 0 Å². The summed E-state index contributed by atoms with van der Waals surface area (Å²) in [5.41, 5.74) is 1.73. The molecule has 0 aliphatic carbocycles. The number of nitrogens with zero attached hydrogens (tertiary/aromatic N) is 1. The highest BCUT2D eigenvalue weighted by Gasteiger charge is 2.12. The number of benzene rings is 1. The van der Waals surface area contributed by atoms with E-state index in [9.17, 15) is 18.0 Å². The second kappa shape index (κ2) is 6.49. The van der Waals surface area contributed by atoms with Gasteiger partial charge in [-0.15, -0.1) is 0 Å². The molecule has 10 heteroatoms. The van der Waals surface area contributed by atoms with Crippen LogP contribution in [-0.4, -0.2) is 30.5 Å². The minimum absolute atomic E-state index is 0.0256. The van der Waals surface area contributed by atoms with Crippen LogP contribution in [0.25, 0.3) is 11.1 Å². The first kappa shape index (κ1) is 16.9. The van der Waals surface area contributed by atoms with Gasteiger partial charge in [-0.05, 0) is 24.3 Å². The minimum atomic E-state index is -3.36. The third-order valence-electron chi connectivity index (χ3n) is 3.29. The number of anilines is 1. The number of para-hydroxylation sites is 1. The van der Waals surface area contributed by atoms with Crippen LogP contribution in [-0.2, 0) is 16.6 Å². The fourth-order valence-electron chi connectivity index (χ4n) is 2.19. The van der Waals surface area contributed by atoms with Crippen molar-refractivity contribution in [1.82, 2.24) is 14.7 Å². The van der Waals surface area contributed by atoms with E-state index in [1.54, 1.807) is 18.2 Å². The summed E-state index contributed by atoms with van der Waals surface area (Å²) in [5, 5.41) is 2.66. The number of nitrogens with one attached hydrogen (secondary N) is 3. The fraction of sp³-hybridized carbons (Fsp3) is 0.133. The first-order valence-electron chi connectivity index (χ1n) is 7.14. The van der Waals surface area contributed by atoms with E-state index in [2.05, 4.69) is 20.0 Å². The van der Waals surface area contributed by atoms with Gasteiger partial charge in [0.2, 0.25) is 10.0 Å². The number of oxazole rings is 1. The molecule has 1 amide bonds. The average Bonchev–Trinajstić information content (AvgIpc) is 2.94. The summed E-state index contributed by atoms with van der Waals surface area (Å²) in [6.45, 7) is -0.0256. The standard InChI is InChI=1S/C15H14N4O5S/c1-25(22,23)17-8-10-7-9(5-6-16-10)14(20)18-11-3-2-4-12-13(11)24-15(21)19-12/h2-7,17H,8H2,1H3,(H,18,20)(H,19,21). The SMILES string of the molecule is CS(=O)(=O)NCc1cc(C(=O)Nc2cccc3[nH]c(=O)oc23)ccn1. The Morgan fingerprint density at radius 3 is 2.88 bits per heavy atom. The Balaban J connectivity index is 1.82. The van der Waals surface area contributed by atoms with Crippen molar-refractivity contribution >= 4 is 32.7 Å². The molecule has 0 spiro atoms. The third-order valence-corrected chi connectivity index (χ3v) is 3.96. The Labute approximate surface area is 142 Å². The highest BCUT2D eigenvalue weighted by molar-refractivity contribution is 7.88. The number of hydrogen-bond donors (Lipinski definition) is 3. The van der Waals surface area contributed by atoms with Gasteiger partial charge in [0, 0.05) is 11.8 Å². The topological polar surface area (TPSA) is 134 Å². The summed E-state index contributed by atoms with van der Waals surface area (Å²) in [4.78, 5) is 30.2. The van der Waals surface area contributed by atoms with Crippen molar-refractivity contribution < 1.29 is 17.6 Å². The Bertz CT molecular complexity index is 1100. The molecule has 2 aromatic heterocycles. The maximum atomic E-state index is 12.4. The maximum Gasteiger partial charge on any atom is 0.417 e. The van der Waals surface area contributed by atoms with E-state index in [1.165, 1.54) is 18.3 Å². The quantitative estimate of drug-likeness (QED) is 0.615. The molecular weight excluding hydrogens is 348 g/mol. The number of rotatable bonds is 5. The van der Waals surface area contributed by atoms with Gasteiger partial charge < -0.3 is 9.73 Å². The number of sulfonamides is 1. The van der Waals surface area contributed by atoms with Crippen molar-refractivity contribution in [3.63, 3.8) is 0 Å². The van der Waals surface area contributed by atoms with Crippen molar-refractivity contribution in [2.24, 2.45) is 0 Å². The van der Waals surface area contributed by atoms with Crippen LogP contribution in [0.3, 0.4) is 0 Å². The Hall–Kier alpha value is -2.98. The highest BCUT2D eigenvalue weighted by atomic mass is 32.2. The molecule has 2 heterocycles. The van der Waals surface area contributed by atoms with Gasteiger partial charge in [0.15, 0.2) is 5.58 Å². The molecule has 0 atom stereocenters. The summed E-state index contributed by atoms with van der Waals surface area (Å²) < 4.78 is 29.6. The summed E-state index contributed by atoms with van der Waals surface area (Å²) >= 11 is 0. The molecule has 0 saturated heterocycles. The van der Waals surface area contributed by atoms with Gasteiger partial charge >= 0.3 is 5.76 Å². The predicted molar refractivity (Wildman–Crippen MR) is 90.7 cm³/mol. The van der Waals surface area contributed by atoms with Crippen LogP contribution < -0.4 is 15.8 Å². The van der Waals surface area contributed by atoms with Gasteiger partial charge in [-0.3, -0.25) is 14.8 Å². The Morgan fingerprint density at radius 2 is 2.12 bits per heavy atom. The first-order chi connectivity index (χ1) is 11.8. The van der Waals surface area contributed by atoms with Crippen LogP contribution in [0, 0.1) is 0 Å². The first-order valence-corrected chi connectivity index (χ1v) is 9.04. The molecule has 3 aromatic rings. The van der Waals surface area contributed by atoms with Crippen molar-refractivity contribution in [3.05, 3.63) is 58.3 Å². The van der Waals surface area contributed by atoms with Crippen molar-refractivity contribution in [3.8, 4) is 0 Å². The summed E-state index contributed by atoms with van der Waals surface area (Å²) in [6.07, 6.45) is 2.44. The smallest absolute Gasteiger partial charge is 0.406 e. The normalized spacial score (nSPS) is 11.6. The molecule has 0 aliphatic rings. The lowest BCUT2D eigenvalue weighted by atomic mass is 10.2. The van der Waals surface area contributed by atoms with Crippen LogP contribution in [0.1, 0.15) is 16.1 Å². The fourth-order valence-corrected chi connectivity index (χ4v) is 2.60. The van der Waals surface area contributed by atoms with Crippen LogP contribution in [0.5, 0.6) is 0 Å². The number of carbonyl (C=O) groups is 1. The Morgan fingerprint density at radius 1 is 1.32 bits per heavy atom. The number of hydrogen-bond acceptors (Lipinski definition) is 6. The molecule has 25 heavy (non-hydrogen) atoms. The molecule has 0 bridgehead atoms. The van der Waals surface area contributed by atoms with Crippen molar-refractivity contribution in [2.45, 2.75) is 6.54 Å². The molecule has 9 nitrogen and oxygen atoms in total. The molecule has 0 unspecified atom stereocenters. The highest BCUT2D eigenvalue weighted by Crippen LogP contribution is 2.21. The zero-order valence-electron chi connectivity index (χ0n) is 13.1. The lowest BCUT2D eigenvalue weighted by molar-refractivity contribution is 0.102. The number of H-pyrrole nitrogens is 1. The van der Waals surface area contributed by atoms with Gasteiger partial charge in [0.05, 0.1) is 29.7 Å². The van der Waals surface area contributed by atoms with E-state index < -0.39 is 21.7 Å². The van der Waals surface area contributed by atoms with Crippen LogP contribution in [0.2, 0.25) is 0 Å². The number of amides is 1. The van der Waals surface area contributed by atoms with Gasteiger partial charge in [-0.25, -0.2) is 17.9 Å². The summed E-state index contributed by atoms with van der Waals surface area (Å²) in [5.74, 6) is -1.06. The molecule has 0 radical (unpaired) electrons. The number of fused-ring (bicyclic) bond motifs is 1.